The summed E-state index contributed by atoms with van der Waals surface area (Å²) in [4.78, 5) is 11.9. The van der Waals surface area contributed by atoms with Crippen molar-refractivity contribution in [1.82, 2.24) is 5.43 Å². The maximum Gasteiger partial charge on any atom is 0.254 e. The maximum absolute atomic E-state index is 10.9. The summed E-state index contributed by atoms with van der Waals surface area (Å²) in [6.45, 7) is 0. The molecule has 1 rings (SSSR count). The summed E-state index contributed by atoms with van der Waals surface area (Å²) in [6, 6.07) is 9.02. The number of amides is 1. The topological polar surface area (TPSA) is 91.3 Å². The zero-order valence-corrected chi connectivity index (χ0v) is 11.0. The lowest BCUT2D eigenvalue weighted by atomic mass is 10.4. The molecule has 0 aliphatic carbocycles. The van der Waals surface area contributed by atoms with Crippen molar-refractivity contribution in [1.29, 1.82) is 5.26 Å². The van der Waals surface area contributed by atoms with Gasteiger partial charge in [0, 0.05) is 9.92 Å². The third kappa shape index (κ3) is 5.57. The number of carbonyl (C=O) groups excluding carboxylic acids is 1. The monoisotopic (exact) mass is 282 g/mol. The SMILES string of the molecule is N#CCC(=O)NN=C(N)CSc1ccc(Cl)cc1. The van der Waals surface area contributed by atoms with Crippen LogP contribution < -0.4 is 11.2 Å². The smallest absolute Gasteiger partial charge is 0.254 e. The van der Waals surface area contributed by atoms with Crippen LogP contribution in [-0.4, -0.2) is 17.5 Å². The molecular formula is C11H11ClN4OS. The molecule has 0 atom stereocenters. The lowest BCUT2D eigenvalue weighted by molar-refractivity contribution is -0.120. The molecule has 1 aromatic rings. The van der Waals surface area contributed by atoms with Crippen molar-refractivity contribution < 1.29 is 4.79 Å². The fraction of sp³-hybridized carbons (Fsp3) is 0.182. The Kier molecular flexibility index (Phi) is 6.05. The Morgan fingerprint density at radius 1 is 1.50 bits per heavy atom. The second-order valence-corrected chi connectivity index (χ2v) is 4.70. The van der Waals surface area contributed by atoms with Crippen LogP contribution >= 0.6 is 23.4 Å². The minimum Gasteiger partial charge on any atom is -0.385 e. The third-order valence-corrected chi connectivity index (χ3v) is 3.06. The molecule has 18 heavy (non-hydrogen) atoms. The van der Waals surface area contributed by atoms with Crippen LogP contribution in [0.25, 0.3) is 0 Å². The molecule has 0 bridgehead atoms. The molecule has 0 aromatic heterocycles. The molecule has 3 N–H and O–H groups in total. The van der Waals surface area contributed by atoms with Gasteiger partial charge in [-0.25, -0.2) is 5.43 Å². The molecule has 7 heteroatoms. The highest BCUT2D eigenvalue weighted by molar-refractivity contribution is 8.00. The Morgan fingerprint density at radius 3 is 2.78 bits per heavy atom. The molecule has 1 amide bonds. The summed E-state index contributed by atoms with van der Waals surface area (Å²) in [5, 5.41) is 12.6. The molecule has 0 aliphatic heterocycles. The molecule has 5 nitrogen and oxygen atoms in total. The summed E-state index contributed by atoms with van der Waals surface area (Å²) in [5.74, 6) is 0.243. The minimum atomic E-state index is -0.475. The van der Waals surface area contributed by atoms with E-state index in [1.54, 1.807) is 18.2 Å². The van der Waals surface area contributed by atoms with Gasteiger partial charge in [-0.1, -0.05) is 11.6 Å². The van der Waals surface area contributed by atoms with Gasteiger partial charge < -0.3 is 5.73 Å². The van der Waals surface area contributed by atoms with Crippen molar-refractivity contribution in [3.05, 3.63) is 29.3 Å². The first-order valence-electron chi connectivity index (χ1n) is 4.98. The third-order valence-electron chi connectivity index (χ3n) is 1.76. The van der Waals surface area contributed by atoms with E-state index in [1.165, 1.54) is 11.8 Å². The largest absolute Gasteiger partial charge is 0.385 e. The Hall–Kier alpha value is -1.71. The zero-order chi connectivity index (χ0) is 13.4. The van der Waals surface area contributed by atoms with Gasteiger partial charge in [0.15, 0.2) is 0 Å². The van der Waals surface area contributed by atoms with Gasteiger partial charge in [0.05, 0.1) is 11.8 Å². The predicted molar refractivity (Wildman–Crippen MR) is 72.2 cm³/mol. The molecule has 0 heterocycles. The first kappa shape index (κ1) is 14.4. The molecule has 0 unspecified atom stereocenters. The van der Waals surface area contributed by atoms with Crippen molar-refractivity contribution in [3.63, 3.8) is 0 Å². The number of rotatable bonds is 5. The van der Waals surface area contributed by atoms with E-state index in [1.807, 2.05) is 12.1 Å². The highest BCUT2D eigenvalue weighted by Crippen LogP contribution is 2.19. The molecular weight excluding hydrogens is 272 g/mol. The van der Waals surface area contributed by atoms with E-state index >= 15 is 0 Å². The van der Waals surface area contributed by atoms with Gasteiger partial charge in [0.2, 0.25) is 0 Å². The molecule has 0 radical (unpaired) electrons. The summed E-state index contributed by atoms with van der Waals surface area (Å²) >= 11 is 7.23. The van der Waals surface area contributed by atoms with E-state index in [0.717, 1.165) is 4.90 Å². The second-order valence-electron chi connectivity index (χ2n) is 3.22. The number of nitrogens with one attached hydrogen (secondary N) is 1. The van der Waals surface area contributed by atoms with Gasteiger partial charge >= 0.3 is 0 Å². The van der Waals surface area contributed by atoms with E-state index < -0.39 is 5.91 Å². The van der Waals surface area contributed by atoms with Crippen LogP contribution in [0.5, 0.6) is 0 Å². The lowest BCUT2D eigenvalue weighted by Crippen LogP contribution is -2.24. The van der Waals surface area contributed by atoms with E-state index in [2.05, 4.69) is 10.5 Å². The number of nitrogens with zero attached hydrogens (tertiary/aromatic N) is 2. The zero-order valence-electron chi connectivity index (χ0n) is 9.39. The predicted octanol–water partition coefficient (Wildman–Crippen LogP) is 1.73. The number of carbonyl (C=O) groups is 1. The average Bonchev–Trinajstić information content (AvgIpc) is 2.36. The van der Waals surface area contributed by atoms with Gasteiger partial charge in [0.1, 0.15) is 12.3 Å². The molecule has 0 aliphatic rings. The van der Waals surface area contributed by atoms with Crippen molar-refractivity contribution >= 4 is 35.1 Å². The van der Waals surface area contributed by atoms with Crippen molar-refractivity contribution in [3.8, 4) is 6.07 Å². The van der Waals surface area contributed by atoms with Crippen molar-refractivity contribution in [2.24, 2.45) is 10.8 Å². The normalized spacial score (nSPS) is 10.8. The van der Waals surface area contributed by atoms with Crippen LogP contribution in [0, 0.1) is 11.3 Å². The number of nitrogens with two attached hydrogens (primary N) is 1. The van der Waals surface area contributed by atoms with E-state index in [-0.39, 0.29) is 12.3 Å². The van der Waals surface area contributed by atoms with Gasteiger partial charge in [0.25, 0.3) is 5.91 Å². The summed E-state index contributed by atoms with van der Waals surface area (Å²) in [7, 11) is 0. The first-order chi connectivity index (χ1) is 8.61. The minimum absolute atomic E-state index is 0.235. The number of thioether (sulfide) groups is 1. The van der Waals surface area contributed by atoms with Crippen molar-refractivity contribution in [2.45, 2.75) is 11.3 Å². The Labute approximate surface area is 114 Å². The number of hydrazone groups is 1. The Balaban J connectivity index is 2.39. The number of nitriles is 1. The summed E-state index contributed by atoms with van der Waals surface area (Å²) in [6.07, 6.45) is -0.235. The first-order valence-corrected chi connectivity index (χ1v) is 6.34. The number of benzene rings is 1. The van der Waals surface area contributed by atoms with Crippen LogP contribution in [0.1, 0.15) is 6.42 Å². The number of hydrogen-bond donors (Lipinski definition) is 2. The van der Waals surface area contributed by atoms with Gasteiger partial charge in [-0.05, 0) is 24.3 Å². The molecule has 94 valence electrons. The number of halogens is 1. The van der Waals surface area contributed by atoms with E-state index in [4.69, 9.17) is 22.6 Å². The molecule has 0 saturated carbocycles. The summed E-state index contributed by atoms with van der Waals surface area (Å²) in [5.41, 5.74) is 7.80. The summed E-state index contributed by atoms with van der Waals surface area (Å²) < 4.78 is 0. The maximum atomic E-state index is 10.9. The van der Waals surface area contributed by atoms with E-state index in [0.29, 0.717) is 10.8 Å². The molecule has 0 spiro atoms. The fourth-order valence-corrected chi connectivity index (χ4v) is 1.80. The van der Waals surface area contributed by atoms with Crippen molar-refractivity contribution in [2.75, 3.05) is 5.75 Å². The van der Waals surface area contributed by atoms with Crippen LogP contribution in [0.15, 0.2) is 34.3 Å². The highest BCUT2D eigenvalue weighted by Gasteiger charge is 2.00. The van der Waals surface area contributed by atoms with Crippen LogP contribution in [0.4, 0.5) is 0 Å². The fourth-order valence-electron chi connectivity index (χ4n) is 0.966. The van der Waals surface area contributed by atoms with Gasteiger partial charge in [-0.2, -0.15) is 10.4 Å². The van der Waals surface area contributed by atoms with Gasteiger partial charge in [-0.15, -0.1) is 11.8 Å². The van der Waals surface area contributed by atoms with Crippen LogP contribution in [-0.2, 0) is 4.79 Å². The quantitative estimate of drug-likeness (QED) is 0.372. The Morgan fingerprint density at radius 2 is 2.17 bits per heavy atom. The van der Waals surface area contributed by atoms with Gasteiger partial charge in [-0.3, -0.25) is 4.79 Å². The highest BCUT2D eigenvalue weighted by atomic mass is 35.5. The van der Waals surface area contributed by atoms with Crippen LogP contribution in [0.2, 0.25) is 5.02 Å². The number of hydrogen-bond acceptors (Lipinski definition) is 4. The van der Waals surface area contributed by atoms with E-state index in [9.17, 15) is 4.79 Å². The Bertz CT molecular complexity index is 481. The second kappa shape index (κ2) is 7.58. The average molecular weight is 283 g/mol. The number of amidine groups is 1. The molecule has 0 saturated heterocycles. The van der Waals surface area contributed by atoms with Crippen LogP contribution in [0.3, 0.4) is 0 Å². The lowest BCUT2D eigenvalue weighted by Gasteiger charge is -2.02. The standard InChI is InChI=1S/C11H11ClN4OS/c12-8-1-3-9(4-2-8)18-7-10(14)15-16-11(17)5-6-13/h1-4H,5,7H2,(H2,14,15)(H,16,17). The molecule has 1 aromatic carbocycles. The molecule has 0 fully saturated rings.